The van der Waals surface area contributed by atoms with E-state index in [1.165, 1.54) is 5.56 Å². The van der Waals surface area contributed by atoms with Crippen LogP contribution in [-0.2, 0) is 0 Å². The van der Waals surface area contributed by atoms with E-state index in [0.717, 1.165) is 5.56 Å². The molecule has 0 aromatic heterocycles. The molecule has 20 heavy (non-hydrogen) atoms. The average molecular weight is 309 g/mol. The predicted octanol–water partition coefficient (Wildman–Crippen LogP) is 4.87. The van der Waals surface area contributed by atoms with Gasteiger partial charge >= 0.3 is 0 Å². The molecule has 0 N–H and O–H groups in total. The van der Waals surface area contributed by atoms with Crippen LogP contribution in [0.15, 0.2) is 36.4 Å². The highest BCUT2D eigenvalue weighted by Crippen LogP contribution is 2.22. The van der Waals surface area contributed by atoms with Crippen molar-refractivity contribution in [2.75, 3.05) is 6.61 Å². The van der Waals surface area contributed by atoms with E-state index in [-0.39, 0.29) is 12.4 Å². The lowest BCUT2D eigenvalue weighted by molar-refractivity contribution is 0.0921. The first-order valence-electron chi connectivity index (χ1n) is 6.15. The fourth-order valence-corrected chi connectivity index (χ4v) is 2.26. The molecule has 104 valence electrons. The van der Waals surface area contributed by atoms with Crippen molar-refractivity contribution in [3.63, 3.8) is 0 Å². The SMILES string of the molecule is Cc1ccc(OCC(=O)c2ccc(Cl)cc2Cl)cc1C. The number of halogens is 2. The van der Waals surface area contributed by atoms with Crippen molar-refractivity contribution >= 4 is 29.0 Å². The third-order valence-corrected chi connectivity index (χ3v) is 3.63. The van der Waals surface area contributed by atoms with Gasteiger partial charge in [-0.2, -0.15) is 0 Å². The number of hydrogen-bond acceptors (Lipinski definition) is 2. The standard InChI is InChI=1S/C16H14Cl2O2/c1-10-3-5-13(7-11(10)2)20-9-16(19)14-6-4-12(17)8-15(14)18/h3-8H,9H2,1-2H3. The second-order valence-corrected chi connectivity index (χ2v) is 5.43. The maximum Gasteiger partial charge on any atom is 0.201 e. The molecule has 0 bridgehead atoms. The number of ketones is 1. The van der Waals surface area contributed by atoms with E-state index in [0.29, 0.717) is 21.4 Å². The van der Waals surface area contributed by atoms with Gasteiger partial charge in [-0.3, -0.25) is 4.79 Å². The Kier molecular flexibility index (Phi) is 4.69. The van der Waals surface area contributed by atoms with E-state index in [9.17, 15) is 4.79 Å². The van der Waals surface area contributed by atoms with Gasteiger partial charge in [-0.05, 0) is 55.3 Å². The zero-order valence-corrected chi connectivity index (χ0v) is 12.8. The van der Waals surface area contributed by atoms with Gasteiger partial charge in [-0.1, -0.05) is 29.3 Å². The minimum atomic E-state index is -0.176. The van der Waals surface area contributed by atoms with Gasteiger partial charge in [0.2, 0.25) is 5.78 Å². The summed E-state index contributed by atoms with van der Waals surface area (Å²) >= 11 is 11.8. The Hall–Kier alpha value is -1.51. The van der Waals surface area contributed by atoms with Crippen LogP contribution in [0.1, 0.15) is 21.5 Å². The van der Waals surface area contributed by atoms with Crippen LogP contribution < -0.4 is 4.74 Å². The molecule has 0 radical (unpaired) electrons. The Morgan fingerprint density at radius 2 is 1.80 bits per heavy atom. The number of ether oxygens (including phenoxy) is 1. The monoisotopic (exact) mass is 308 g/mol. The molecule has 0 atom stereocenters. The van der Waals surface area contributed by atoms with Crippen LogP contribution >= 0.6 is 23.2 Å². The summed E-state index contributed by atoms with van der Waals surface area (Å²) in [4.78, 5) is 12.0. The Labute approximate surface area is 128 Å². The Morgan fingerprint density at radius 3 is 2.45 bits per heavy atom. The van der Waals surface area contributed by atoms with Crippen LogP contribution in [0.2, 0.25) is 10.0 Å². The number of rotatable bonds is 4. The van der Waals surface area contributed by atoms with E-state index in [2.05, 4.69) is 0 Å². The van der Waals surface area contributed by atoms with Gasteiger partial charge in [0.15, 0.2) is 6.61 Å². The van der Waals surface area contributed by atoms with Gasteiger partial charge in [0, 0.05) is 10.6 Å². The van der Waals surface area contributed by atoms with Crippen molar-refractivity contribution in [2.45, 2.75) is 13.8 Å². The van der Waals surface area contributed by atoms with E-state index >= 15 is 0 Å². The summed E-state index contributed by atoms with van der Waals surface area (Å²) < 4.78 is 5.50. The Morgan fingerprint density at radius 1 is 1.05 bits per heavy atom. The predicted molar refractivity (Wildman–Crippen MR) is 82.2 cm³/mol. The summed E-state index contributed by atoms with van der Waals surface area (Å²) in [5.74, 6) is 0.497. The van der Waals surface area contributed by atoms with Crippen molar-refractivity contribution in [3.05, 3.63) is 63.1 Å². The first-order chi connectivity index (χ1) is 9.47. The normalized spacial score (nSPS) is 10.4. The maximum absolute atomic E-state index is 12.0. The number of hydrogen-bond donors (Lipinski definition) is 0. The lowest BCUT2D eigenvalue weighted by atomic mass is 10.1. The minimum absolute atomic E-state index is 0.0517. The molecule has 2 rings (SSSR count). The lowest BCUT2D eigenvalue weighted by Crippen LogP contribution is -2.12. The summed E-state index contributed by atoms with van der Waals surface area (Å²) in [5, 5.41) is 0.841. The molecule has 0 saturated carbocycles. The second-order valence-electron chi connectivity index (χ2n) is 4.58. The molecule has 0 unspecified atom stereocenters. The van der Waals surface area contributed by atoms with Gasteiger partial charge in [-0.15, -0.1) is 0 Å². The van der Waals surface area contributed by atoms with Crippen molar-refractivity contribution in [3.8, 4) is 5.75 Å². The lowest BCUT2D eigenvalue weighted by Gasteiger charge is -2.08. The molecule has 0 saturated heterocycles. The molecule has 2 aromatic carbocycles. The van der Waals surface area contributed by atoms with Crippen LogP contribution in [0.4, 0.5) is 0 Å². The highest BCUT2D eigenvalue weighted by atomic mass is 35.5. The summed E-state index contributed by atoms with van der Waals surface area (Å²) in [6.07, 6.45) is 0. The molecule has 2 aromatic rings. The molecule has 4 heteroatoms. The molecule has 0 aliphatic rings. The number of Topliss-reactive ketones (excluding diaryl/α,β-unsaturated/α-hetero) is 1. The van der Waals surface area contributed by atoms with Crippen LogP contribution in [0.5, 0.6) is 5.75 Å². The summed E-state index contributed by atoms with van der Waals surface area (Å²) in [5.41, 5.74) is 2.73. The van der Waals surface area contributed by atoms with Crippen LogP contribution in [0.25, 0.3) is 0 Å². The number of carbonyl (C=O) groups excluding carboxylic acids is 1. The first-order valence-corrected chi connectivity index (χ1v) is 6.91. The van der Waals surface area contributed by atoms with E-state index in [1.54, 1.807) is 18.2 Å². The summed E-state index contributed by atoms with van der Waals surface area (Å²) in [6.45, 7) is 3.97. The Bertz CT molecular complexity index is 651. The number of benzene rings is 2. The molecule has 0 heterocycles. The summed E-state index contributed by atoms with van der Waals surface area (Å²) in [6, 6.07) is 10.5. The molecule has 0 aliphatic carbocycles. The first kappa shape index (κ1) is 14.9. The van der Waals surface area contributed by atoms with Gasteiger partial charge in [0.1, 0.15) is 5.75 Å². The quantitative estimate of drug-likeness (QED) is 0.753. The van der Waals surface area contributed by atoms with Crippen molar-refractivity contribution in [1.82, 2.24) is 0 Å². The largest absolute Gasteiger partial charge is 0.485 e. The van der Waals surface area contributed by atoms with Gasteiger partial charge in [0.25, 0.3) is 0 Å². The smallest absolute Gasteiger partial charge is 0.201 e. The molecule has 0 amide bonds. The molecular formula is C16H14Cl2O2. The third-order valence-electron chi connectivity index (χ3n) is 3.08. The van der Waals surface area contributed by atoms with Gasteiger partial charge in [-0.25, -0.2) is 0 Å². The van der Waals surface area contributed by atoms with E-state index in [1.807, 2.05) is 32.0 Å². The zero-order valence-electron chi connectivity index (χ0n) is 11.2. The molecular weight excluding hydrogens is 295 g/mol. The van der Waals surface area contributed by atoms with Crippen LogP contribution in [0.3, 0.4) is 0 Å². The highest BCUT2D eigenvalue weighted by Gasteiger charge is 2.11. The maximum atomic E-state index is 12.0. The zero-order chi connectivity index (χ0) is 14.7. The van der Waals surface area contributed by atoms with E-state index in [4.69, 9.17) is 27.9 Å². The Balaban J connectivity index is 2.06. The van der Waals surface area contributed by atoms with E-state index < -0.39 is 0 Å². The van der Waals surface area contributed by atoms with Crippen LogP contribution in [-0.4, -0.2) is 12.4 Å². The topological polar surface area (TPSA) is 26.3 Å². The average Bonchev–Trinajstić information content (AvgIpc) is 2.40. The molecule has 0 aliphatic heterocycles. The third kappa shape index (κ3) is 3.53. The van der Waals surface area contributed by atoms with Crippen molar-refractivity contribution in [2.24, 2.45) is 0 Å². The molecule has 2 nitrogen and oxygen atoms in total. The summed E-state index contributed by atoms with van der Waals surface area (Å²) in [7, 11) is 0. The van der Waals surface area contributed by atoms with Crippen LogP contribution in [0, 0.1) is 13.8 Å². The molecule has 0 spiro atoms. The number of carbonyl (C=O) groups is 1. The minimum Gasteiger partial charge on any atom is -0.485 e. The van der Waals surface area contributed by atoms with Crippen molar-refractivity contribution < 1.29 is 9.53 Å². The fraction of sp³-hybridized carbons (Fsp3) is 0.188. The second kappa shape index (κ2) is 6.29. The highest BCUT2D eigenvalue weighted by molar-refractivity contribution is 6.36. The molecule has 0 fully saturated rings. The van der Waals surface area contributed by atoms with Gasteiger partial charge in [0.05, 0.1) is 5.02 Å². The van der Waals surface area contributed by atoms with Crippen molar-refractivity contribution in [1.29, 1.82) is 0 Å². The van der Waals surface area contributed by atoms with Gasteiger partial charge < -0.3 is 4.74 Å². The number of aryl methyl sites for hydroxylation is 2. The fourth-order valence-electron chi connectivity index (χ4n) is 1.75.